The number of carbonyl (C=O) groups excluding carboxylic acids is 2. The van der Waals surface area contributed by atoms with Gasteiger partial charge in [-0.15, -0.1) is 0 Å². The zero-order valence-corrected chi connectivity index (χ0v) is 12.4. The first-order valence-electron chi connectivity index (χ1n) is 7.25. The standard InChI is InChI=1S/C16H20FNO3/c1-3-21-16(20)12-6-8-18(9-7-12)15(19)13-10-11(2)4-5-14(13)17/h4-5,10,12H,3,6-9H2,1-2H3. The molecule has 1 aliphatic heterocycles. The quantitative estimate of drug-likeness (QED) is 0.805. The molecule has 1 aliphatic rings. The Hall–Kier alpha value is -1.91. The first-order chi connectivity index (χ1) is 10.0. The van der Waals surface area contributed by atoms with Gasteiger partial charge < -0.3 is 9.64 Å². The Morgan fingerprint density at radius 2 is 2.00 bits per heavy atom. The summed E-state index contributed by atoms with van der Waals surface area (Å²) in [4.78, 5) is 25.6. The molecule has 5 heteroatoms. The summed E-state index contributed by atoms with van der Waals surface area (Å²) in [6, 6.07) is 4.52. The van der Waals surface area contributed by atoms with Crippen molar-refractivity contribution in [3.8, 4) is 0 Å². The van der Waals surface area contributed by atoms with Crippen molar-refractivity contribution >= 4 is 11.9 Å². The molecule has 1 amide bonds. The molecule has 0 unspecified atom stereocenters. The minimum absolute atomic E-state index is 0.101. The van der Waals surface area contributed by atoms with Crippen molar-refractivity contribution in [2.45, 2.75) is 26.7 Å². The minimum Gasteiger partial charge on any atom is -0.466 e. The monoisotopic (exact) mass is 293 g/mol. The first kappa shape index (κ1) is 15.5. The molecule has 21 heavy (non-hydrogen) atoms. The fourth-order valence-electron chi connectivity index (χ4n) is 2.55. The van der Waals surface area contributed by atoms with E-state index in [1.54, 1.807) is 24.0 Å². The molecule has 0 radical (unpaired) electrons. The fraction of sp³-hybridized carbons (Fsp3) is 0.500. The van der Waals surface area contributed by atoms with Crippen LogP contribution in [0.25, 0.3) is 0 Å². The van der Waals surface area contributed by atoms with E-state index in [-0.39, 0.29) is 23.4 Å². The number of hydrogen-bond donors (Lipinski definition) is 0. The average Bonchev–Trinajstić information content (AvgIpc) is 2.49. The normalized spacial score (nSPS) is 15.9. The van der Waals surface area contributed by atoms with Gasteiger partial charge in [0.2, 0.25) is 0 Å². The lowest BCUT2D eigenvalue weighted by molar-refractivity contribution is -0.149. The molecule has 0 bridgehead atoms. The maximum atomic E-state index is 13.8. The third-order valence-electron chi connectivity index (χ3n) is 3.75. The lowest BCUT2D eigenvalue weighted by Gasteiger charge is -2.31. The summed E-state index contributed by atoms with van der Waals surface area (Å²) in [6.45, 7) is 4.87. The smallest absolute Gasteiger partial charge is 0.309 e. The van der Waals surface area contributed by atoms with Gasteiger partial charge in [-0.3, -0.25) is 9.59 Å². The van der Waals surface area contributed by atoms with E-state index in [1.807, 2.05) is 6.92 Å². The van der Waals surface area contributed by atoms with Gasteiger partial charge in [0, 0.05) is 13.1 Å². The molecule has 2 rings (SSSR count). The van der Waals surface area contributed by atoms with E-state index in [2.05, 4.69) is 0 Å². The number of ether oxygens (including phenoxy) is 1. The van der Waals surface area contributed by atoms with Crippen LogP contribution in [-0.4, -0.2) is 36.5 Å². The van der Waals surface area contributed by atoms with Crippen LogP contribution in [0.4, 0.5) is 4.39 Å². The van der Waals surface area contributed by atoms with Gasteiger partial charge in [0.15, 0.2) is 0 Å². The van der Waals surface area contributed by atoms with E-state index < -0.39 is 5.82 Å². The van der Waals surface area contributed by atoms with Crippen LogP contribution < -0.4 is 0 Å². The summed E-state index contributed by atoms with van der Waals surface area (Å²) in [5, 5.41) is 0. The number of hydrogen-bond acceptors (Lipinski definition) is 3. The molecular weight excluding hydrogens is 273 g/mol. The van der Waals surface area contributed by atoms with Gasteiger partial charge in [0.1, 0.15) is 5.82 Å². The molecule has 1 heterocycles. The maximum absolute atomic E-state index is 13.8. The number of esters is 1. The highest BCUT2D eigenvalue weighted by atomic mass is 19.1. The Kier molecular flexibility index (Phi) is 4.94. The summed E-state index contributed by atoms with van der Waals surface area (Å²) in [5.41, 5.74) is 0.950. The summed E-state index contributed by atoms with van der Waals surface area (Å²) in [6.07, 6.45) is 1.13. The molecule has 1 aromatic rings. The van der Waals surface area contributed by atoms with E-state index in [9.17, 15) is 14.0 Å². The topological polar surface area (TPSA) is 46.6 Å². The highest BCUT2D eigenvalue weighted by Crippen LogP contribution is 2.21. The van der Waals surface area contributed by atoms with Crippen LogP contribution in [0.1, 0.15) is 35.7 Å². The second-order valence-corrected chi connectivity index (χ2v) is 5.30. The SMILES string of the molecule is CCOC(=O)C1CCN(C(=O)c2cc(C)ccc2F)CC1. The van der Waals surface area contributed by atoms with Crippen molar-refractivity contribution in [3.05, 3.63) is 35.1 Å². The van der Waals surface area contributed by atoms with Crippen LogP contribution in [0, 0.1) is 18.7 Å². The molecule has 0 aliphatic carbocycles. The van der Waals surface area contributed by atoms with E-state index in [1.165, 1.54) is 6.07 Å². The third kappa shape index (κ3) is 3.60. The van der Waals surface area contributed by atoms with Crippen molar-refractivity contribution in [3.63, 3.8) is 0 Å². The van der Waals surface area contributed by atoms with Gasteiger partial charge in [0.05, 0.1) is 18.1 Å². The van der Waals surface area contributed by atoms with Crippen molar-refractivity contribution in [1.29, 1.82) is 0 Å². The van der Waals surface area contributed by atoms with Crippen LogP contribution in [-0.2, 0) is 9.53 Å². The van der Waals surface area contributed by atoms with E-state index >= 15 is 0 Å². The van der Waals surface area contributed by atoms with Gasteiger partial charge in [-0.1, -0.05) is 11.6 Å². The molecule has 0 aromatic heterocycles. The molecule has 1 aromatic carbocycles. The molecular formula is C16H20FNO3. The second kappa shape index (κ2) is 6.70. The van der Waals surface area contributed by atoms with E-state index in [0.717, 1.165) is 5.56 Å². The van der Waals surface area contributed by atoms with E-state index in [0.29, 0.717) is 32.5 Å². The van der Waals surface area contributed by atoms with Crippen LogP contribution in [0.3, 0.4) is 0 Å². The molecule has 0 saturated carbocycles. The molecule has 1 fully saturated rings. The maximum Gasteiger partial charge on any atom is 0.309 e. The number of piperidine rings is 1. The van der Waals surface area contributed by atoms with Gasteiger partial charge in [0.25, 0.3) is 5.91 Å². The average molecular weight is 293 g/mol. The summed E-state index contributed by atoms with van der Waals surface area (Å²) < 4.78 is 18.8. The Labute approximate surface area is 123 Å². The number of rotatable bonds is 3. The molecule has 114 valence electrons. The molecule has 1 saturated heterocycles. The minimum atomic E-state index is -0.502. The summed E-state index contributed by atoms with van der Waals surface area (Å²) in [7, 11) is 0. The highest BCUT2D eigenvalue weighted by Gasteiger charge is 2.29. The Bertz CT molecular complexity index is 536. The number of halogens is 1. The lowest BCUT2D eigenvalue weighted by atomic mass is 9.96. The Balaban J connectivity index is 2.00. The number of benzene rings is 1. The van der Waals surface area contributed by atoms with Crippen LogP contribution in [0.5, 0.6) is 0 Å². The third-order valence-corrected chi connectivity index (χ3v) is 3.75. The van der Waals surface area contributed by atoms with Gasteiger partial charge in [-0.25, -0.2) is 4.39 Å². The van der Waals surface area contributed by atoms with Gasteiger partial charge in [-0.2, -0.15) is 0 Å². The lowest BCUT2D eigenvalue weighted by Crippen LogP contribution is -2.41. The number of likely N-dealkylation sites (tertiary alicyclic amines) is 1. The first-order valence-corrected chi connectivity index (χ1v) is 7.25. The molecule has 0 atom stereocenters. The van der Waals surface area contributed by atoms with Crippen molar-refractivity contribution in [2.24, 2.45) is 5.92 Å². The zero-order chi connectivity index (χ0) is 15.4. The molecule has 4 nitrogen and oxygen atoms in total. The van der Waals surface area contributed by atoms with E-state index in [4.69, 9.17) is 4.74 Å². The van der Waals surface area contributed by atoms with Crippen molar-refractivity contribution in [1.82, 2.24) is 4.90 Å². The highest BCUT2D eigenvalue weighted by molar-refractivity contribution is 5.94. The largest absolute Gasteiger partial charge is 0.466 e. The van der Waals surface area contributed by atoms with Crippen molar-refractivity contribution in [2.75, 3.05) is 19.7 Å². The number of carbonyl (C=O) groups is 2. The predicted molar refractivity (Wildman–Crippen MR) is 76.4 cm³/mol. The summed E-state index contributed by atoms with van der Waals surface area (Å²) >= 11 is 0. The predicted octanol–water partition coefficient (Wildman–Crippen LogP) is 2.55. The van der Waals surface area contributed by atoms with Crippen LogP contribution >= 0.6 is 0 Å². The van der Waals surface area contributed by atoms with Gasteiger partial charge >= 0.3 is 5.97 Å². The fourth-order valence-corrected chi connectivity index (χ4v) is 2.55. The second-order valence-electron chi connectivity index (χ2n) is 5.30. The Morgan fingerprint density at radius 1 is 1.33 bits per heavy atom. The molecule has 0 N–H and O–H groups in total. The van der Waals surface area contributed by atoms with Crippen LogP contribution in [0.15, 0.2) is 18.2 Å². The number of amides is 1. The number of aryl methyl sites for hydroxylation is 1. The Morgan fingerprint density at radius 3 is 2.62 bits per heavy atom. The van der Waals surface area contributed by atoms with Crippen LogP contribution in [0.2, 0.25) is 0 Å². The van der Waals surface area contributed by atoms with Gasteiger partial charge in [-0.05, 0) is 38.8 Å². The number of nitrogens with zero attached hydrogens (tertiary/aromatic N) is 1. The summed E-state index contributed by atoms with van der Waals surface area (Å²) in [5.74, 6) is -1.17. The van der Waals surface area contributed by atoms with Crippen molar-refractivity contribution < 1.29 is 18.7 Å². The zero-order valence-electron chi connectivity index (χ0n) is 12.4. The molecule has 0 spiro atoms.